The lowest BCUT2D eigenvalue weighted by Crippen LogP contribution is -2.32. The monoisotopic (exact) mass is 178 g/mol. The van der Waals surface area contributed by atoms with E-state index in [1.165, 1.54) is 19.3 Å². The molecule has 1 heteroatoms. The van der Waals surface area contributed by atoms with Crippen LogP contribution in [0.4, 0.5) is 0 Å². The Bertz CT molecular complexity index is 221. The molecule has 1 fully saturated rings. The molecule has 0 aliphatic heterocycles. The van der Waals surface area contributed by atoms with Crippen LogP contribution < -0.4 is 0 Å². The zero-order valence-corrected chi connectivity index (χ0v) is 8.22. The highest BCUT2D eigenvalue weighted by Crippen LogP contribution is 2.42. The molecule has 0 saturated heterocycles. The highest BCUT2D eigenvalue weighted by atomic mass is 16.1. The highest BCUT2D eigenvalue weighted by Gasteiger charge is 2.37. The summed E-state index contributed by atoms with van der Waals surface area (Å²) in [7, 11) is 0. The van der Waals surface area contributed by atoms with Crippen LogP contribution >= 0.6 is 0 Å². The van der Waals surface area contributed by atoms with Gasteiger partial charge in [-0.15, -0.1) is 0 Å². The van der Waals surface area contributed by atoms with Gasteiger partial charge in [-0.2, -0.15) is 0 Å². The van der Waals surface area contributed by atoms with Gasteiger partial charge >= 0.3 is 0 Å². The number of hydrogen-bond donors (Lipinski definition) is 0. The normalized spacial score (nSPS) is 27.5. The molecule has 0 aromatic heterocycles. The van der Waals surface area contributed by atoms with E-state index < -0.39 is 0 Å². The maximum atomic E-state index is 12.0. The van der Waals surface area contributed by atoms with Gasteiger partial charge in [-0.3, -0.25) is 4.79 Å². The van der Waals surface area contributed by atoms with Crippen LogP contribution in [0.3, 0.4) is 0 Å². The lowest BCUT2D eigenvalue weighted by atomic mass is 9.69. The first-order chi connectivity index (χ1) is 6.33. The number of hydrogen-bond acceptors (Lipinski definition) is 1. The number of Topliss-reactive ketones (excluding diaryl/α,β-unsaturated/α-hetero) is 1. The van der Waals surface area contributed by atoms with E-state index in [2.05, 4.69) is 12.2 Å². The van der Waals surface area contributed by atoms with Gasteiger partial charge in [0.25, 0.3) is 0 Å². The molecular weight excluding hydrogens is 160 g/mol. The molecule has 0 bridgehead atoms. The van der Waals surface area contributed by atoms with E-state index in [-0.39, 0.29) is 5.41 Å². The third kappa shape index (κ3) is 1.70. The maximum Gasteiger partial charge on any atom is 0.139 e. The van der Waals surface area contributed by atoms with Crippen LogP contribution in [0.25, 0.3) is 0 Å². The summed E-state index contributed by atoms with van der Waals surface area (Å²) in [5, 5.41) is 0. The average Bonchev–Trinajstić information content (AvgIpc) is 2.33. The molecule has 0 amide bonds. The summed E-state index contributed by atoms with van der Waals surface area (Å²) in [6.07, 6.45) is 13.4. The average molecular weight is 178 g/mol. The van der Waals surface area contributed by atoms with Gasteiger partial charge in [0.15, 0.2) is 0 Å². The summed E-state index contributed by atoms with van der Waals surface area (Å²) in [6, 6.07) is 0. The van der Waals surface area contributed by atoms with Gasteiger partial charge in [0, 0.05) is 11.8 Å². The predicted molar refractivity (Wildman–Crippen MR) is 53.5 cm³/mol. The van der Waals surface area contributed by atoms with Gasteiger partial charge in [-0.05, 0) is 25.7 Å². The first-order valence-electron chi connectivity index (χ1n) is 5.52. The number of rotatable bonds is 0. The first kappa shape index (κ1) is 8.98. The zero-order valence-electron chi connectivity index (χ0n) is 8.22. The molecule has 13 heavy (non-hydrogen) atoms. The van der Waals surface area contributed by atoms with Crippen LogP contribution in [0.1, 0.15) is 51.4 Å². The van der Waals surface area contributed by atoms with E-state index in [9.17, 15) is 4.79 Å². The van der Waals surface area contributed by atoms with Crippen molar-refractivity contribution in [3.8, 4) is 0 Å². The summed E-state index contributed by atoms with van der Waals surface area (Å²) in [6.45, 7) is 0. The van der Waals surface area contributed by atoms with Gasteiger partial charge in [-0.1, -0.05) is 31.4 Å². The van der Waals surface area contributed by atoms with Crippen molar-refractivity contribution in [3.63, 3.8) is 0 Å². The molecule has 0 unspecified atom stereocenters. The van der Waals surface area contributed by atoms with Crippen molar-refractivity contribution in [2.45, 2.75) is 51.4 Å². The summed E-state index contributed by atoms with van der Waals surface area (Å²) in [5.41, 5.74) is 0.0747. The van der Waals surface area contributed by atoms with Gasteiger partial charge in [-0.25, -0.2) is 0 Å². The Hall–Kier alpha value is -0.590. The third-order valence-corrected chi connectivity index (χ3v) is 3.62. The topological polar surface area (TPSA) is 17.1 Å². The third-order valence-electron chi connectivity index (χ3n) is 3.62. The van der Waals surface area contributed by atoms with Crippen LogP contribution in [0.2, 0.25) is 0 Å². The van der Waals surface area contributed by atoms with Crippen molar-refractivity contribution < 1.29 is 4.79 Å². The van der Waals surface area contributed by atoms with E-state index in [0.29, 0.717) is 5.78 Å². The van der Waals surface area contributed by atoms with Crippen molar-refractivity contribution in [1.29, 1.82) is 0 Å². The van der Waals surface area contributed by atoms with Crippen molar-refractivity contribution in [2.75, 3.05) is 0 Å². The van der Waals surface area contributed by atoms with Crippen molar-refractivity contribution in [3.05, 3.63) is 12.2 Å². The molecule has 72 valence electrons. The summed E-state index contributed by atoms with van der Waals surface area (Å²) < 4.78 is 0. The molecule has 0 atom stereocenters. The quantitative estimate of drug-likeness (QED) is 0.520. The Balaban J connectivity index is 2.15. The Morgan fingerprint density at radius 2 is 1.85 bits per heavy atom. The minimum absolute atomic E-state index is 0.0747. The fourth-order valence-electron chi connectivity index (χ4n) is 2.73. The summed E-state index contributed by atoms with van der Waals surface area (Å²) in [5.74, 6) is 0.539. The van der Waals surface area contributed by atoms with Crippen molar-refractivity contribution in [2.24, 2.45) is 5.41 Å². The Morgan fingerprint density at radius 1 is 1.08 bits per heavy atom. The molecule has 0 heterocycles. The fraction of sp³-hybridized carbons (Fsp3) is 0.750. The minimum Gasteiger partial charge on any atom is -0.299 e. The Kier molecular flexibility index (Phi) is 2.52. The maximum absolute atomic E-state index is 12.0. The van der Waals surface area contributed by atoms with Gasteiger partial charge in [0.2, 0.25) is 0 Å². The summed E-state index contributed by atoms with van der Waals surface area (Å²) >= 11 is 0. The lowest BCUT2D eigenvalue weighted by molar-refractivity contribution is -0.130. The van der Waals surface area contributed by atoms with Gasteiger partial charge in [0.05, 0.1) is 0 Å². The van der Waals surface area contributed by atoms with Gasteiger partial charge in [0.1, 0.15) is 5.78 Å². The molecule has 1 nitrogen and oxygen atoms in total. The van der Waals surface area contributed by atoms with E-state index in [1.807, 2.05) is 0 Å². The molecule has 2 aliphatic carbocycles. The largest absolute Gasteiger partial charge is 0.299 e. The number of carbonyl (C=O) groups excluding carboxylic acids is 1. The first-order valence-corrected chi connectivity index (χ1v) is 5.52. The number of allylic oxidation sites excluding steroid dienone is 2. The molecular formula is C12H18O. The minimum atomic E-state index is 0.0747. The standard InChI is InChI=1S/C12H18O/c13-11-7-3-1-4-8-12(11)9-5-2-6-10-12/h1,4H,2-3,5-10H2. The molecule has 0 aromatic rings. The van der Waals surface area contributed by atoms with E-state index in [1.54, 1.807) is 0 Å². The second-order valence-electron chi connectivity index (χ2n) is 4.48. The second kappa shape index (κ2) is 3.65. The molecule has 1 spiro atoms. The Labute approximate surface area is 80.2 Å². The fourth-order valence-corrected chi connectivity index (χ4v) is 2.73. The molecule has 1 saturated carbocycles. The van der Waals surface area contributed by atoms with Crippen molar-refractivity contribution >= 4 is 5.78 Å². The van der Waals surface area contributed by atoms with Crippen LogP contribution in [-0.4, -0.2) is 5.78 Å². The second-order valence-corrected chi connectivity index (χ2v) is 4.48. The molecule has 2 rings (SSSR count). The van der Waals surface area contributed by atoms with E-state index in [4.69, 9.17) is 0 Å². The molecule has 2 aliphatic rings. The van der Waals surface area contributed by atoms with Crippen molar-refractivity contribution in [1.82, 2.24) is 0 Å². The van der Waals surface area contributed by atoms with E-state index >= 15 is 0 Å². The van der Waals surface area contributed by atoms with Crippen LogP contribution in [0.5, 0.6) is 0 Å². The number of carbonyl (C=O) groups is 1. The van der Waals surface area contributed by atoms with Crippen LogP contribution in [-0.2, 0) is 4.79 Å². The SMILES string of the molecule is O=C1CCC=CCC12CCCCC2. The lowest BCUT2D eigenvalue weighted by Gasteiger charge is -2.34. The van der Waals surface area contributed by atoms with Crippen LogP contribution in [0.15, 0.2) is 12.2 Å². The molecule has 0 N–H and O–H groups in total. The highest BCUT2D eigenvalue weighted by molar-refractivity contribution is 5.85. The smallest absolute Gasteiger partial charge is 0.139 e. The Morgan fingerprint density at radius 3 is 2.62 bits per heavy atom. The zero-order chi connectivity index (χ0) is 9.15. The molecule has 0 aromatic carbocycles. The van der Waals surface area contributed by atoms with Crippen LogP contribution in [0, 0.1) is 5.41 Å². The van der Waals surface area contributed by atoms with Gasteiger partial charge < -0.3 is 0 Å². The van der Waals surface area contributed by atoms with E-state index in [0.717, 1.165) is 32.1 Å². The predicted octanol–water partition coefficient (Wildman–Crippen LogP) is 3.25. The number of ketones is 1. The molecule has 0 radical (unpaired) electrons. The summed E-state index contributed by atoms with van der Waals surface area (Å²) in [4.78, 5) is 12.0.